The molecule has 0 radical (unpaired) electrons. The number of nitrogens with one attached hydrogen (secondary N) is 1. The third kappa shape index (κ3) is 3.52. The van der Waals surface area contributed by atoms with Gasteiger partial charge in [0.05, 0.1) is 4.90 Å². The third-order valence-corrected chi connectivity index (χ3v) is 5.66. The van der Waals surface area contributed by atoms with Crippen molar-refractivity contribution in [1.29, 1.82) is 0 Å². The summed E-state index contributed by atoms with van der Waals surface area (Å²) >= 11 is 0. The van der Waals surface area contributed by atoms with Crippen molar-refractivity contribution >= 4 is 22.4 Å². The fourth-order valence-electron chi connectivity index (χ4n) is 2.37. The lowest BCUT2D eigenvalue weighted by Gasteiger charge is -2.29. The van der Waals surface area contributed by atoms with E-state index in [1.54, 1.807) is 6.07 Å². The molecule has 3 N–H and O–H groups in total. The predicted octanol–water partition coefficient (Wildman–Crippen LogP) is 2.13. The summed E-state index contributed by atoms with van der Waals surface area (Å²) in [6, 6.07) is 5.46. The number of hydrogen-bond acceptors (Lipinski definition) is 3. The van der Waals surface area contributed by atoms with Crippen molar-refractivity contribution in [2.75, 3.05) is 6.54 Å². The van der Waals surface area contributed by atoms with Gasteiger partial charge in [0.15, 0.2) is 0 Å². The van der Waals surface area contributed by atoms with E-state index in [2.05, 4.69) is 4.72 Å². The van der Waals surface area contributed by atoms with Crippen molar-refractivity contribution in [2.45, 2.75) is 44.0 Å². The Bertz CT molecular complexity index is 585. The van der Waals surface area contributed by atoms with Gasteiger partial charge in [0.1, 0.15) is 0 Å². The maximum atomic E-state index is 12.5. The molecule has 1 aromatic carbocycles. The first-order valence-electron chi connectivity index (χ1n) is 6.60. The zero-order valence-corrected chi connectivity index (χ0v) is 13.8. The fourth-order valence-corrected chi connectivity index (χ4v) is 4.18. The molecule has 0 aliphatic heterocycles. The molecule has 1 fully saturated rings. The Morgan fingerprint density at radius 2 is 1.95 bits per heavy atom. The second kappa shape index (κ2) is 6.02. The van der Waals surface area contributed by atoms with Gasteiger partial charge in [0.25, 0.3) is 0 Å². The molecule has 0 aromatic heterocycles. The quantitative estimate of drug-likeness (QED) is 0.873. The summed E-state index contributed by atoms with van der Waals surface area (Å²) in [5, 5.41) is 0. The van der Waals surface area contributed by atoms with Crippen LogP contribution in [-0.4, -0.2) is 20.5 Å². The Hall–Kier alpha value is -0.620. The van der Waals surface area contributed by atoms with Gasteiger partial charge in [-0.15, -0.1) is 12.4 Å². The highest BCUT2D eigenvalue weighted by molar-refractivity contribution is 7.89. The van der Waals surface area contributed by atoms with E-state index in [0.717, 1.165) is 24.0 Å². The minimum atomic E-state index is -3.52. The van der Waals surface area contributed by atoms with E-state index in [1.165, 1.54) is 0 Å². The lowest BCUT2D eigenvalue weighted by Crippen LogP contribution is -2.53. The molecule has 20 heavy (non-hydrogen) atoms. The molecule has 1 aliphatic rings. The summed E-state index contributed by atoms with van der Waals surface area (Å²) in [6.07, 6.45) is 2.09. The molecule has 1 aliphatic carbocycles. The molecule has 1 unspecified atom stereocenters. The van der Waals surface area contributed by atoms with Crippen LogP contribution in [0.25, 0.3) is 0 Å². The molecule has 0 bridgehead atoms. The summed E-state index contributed by atoms with van der Waals surface area (Å²) in [7, 11) is -3.52. The van der Waals surface area contributed by atoms with E-state index in [0.29, 0.717) is 17.4 Å². The van der Waals surface area contributed by atoms with Crippen LogP contribution in [0.2, 0.25) is 0 Å². The van der Waals surface area contributed by atoms with Crippen LogP contribution < -0.4 is 10.5 Å². The molecule has 0 amide bonds. The molecule has 0 spiro atoms. The molecule has 0 heterocycles. The number of rotatable bonds is 5. The number of sulfonamides is 1. The summed E-state index contributed by atoms with van der Waals surface area (Å²) in [4.78, 5) is 0.354. The number of halogens is 1. The van der Waals surface area contributed by atoms with Gasteiger partial charge in [0, 0.05) is 12.1 Å². The van der Waals surface area contributed by atoms with Crippen molar-refractivity contribution in [2.24, 2.45) is 11.7 Å². The topological polar surface area (TPSA) is 72.2 Å². The lowest BCUT2D eigenvalue weighted by atomic mass is 9.98. The van der Waals surface area contributed by atoms with Gasteiger partial charge in [-0.3, -0.25) is 0 Å². The molecule has 0 saturated heterocycles. The Labute approximate surface area is 127 Å². The third-order valence-electron chi connectivity index (χ3n) is 3.90. The summed E-state index contributed by atoms with van der Waals surface area (Å²) < 4.78 is 27.9. The smallest absolute Gasteiger partial charge is 0.241 e. The van der Waals surface area contributed by atoms with Crippen LogP contribution in [0, 0.1) is 19.8 Å². The number of aryl methyl sites for hydroxylation is 2. The number of nitrogens with two attached hydrogens (primary N) is 1. The second-order valence-corrected chi connectivity index (χ2v) is 7.42. The normalized spacial score (nSPS) is 18.2. The highest BCUT2D eigenvalue weighted by Crippen LogP contribution is 2.39. The van der Waals surface area contributed by atoms with Gasteiger partial charge < -0.3 is 5.73 Å². The van der Waals surface area contributed by atoms with Gasteiger partial charge in [-0.2, -0.15) is 0 Å². The van der Waals surface area contributed by atoms with Crippen LogP contribution in [0.1, 0.15) is 30.9 Å². The van der Waals surface area contributed by atoms with Crippen molar-refractivity contribution in [3.63, 3.8) is 0 Å². The average Bonchev–Trinajstić information content (AvgIpc) is 3.15. The predicted molar refractivity (Wildman–Crippen MR) is 83.7 cm³/mol. The SMILES string of the molecule is Cc1ccc(C)c(S(=O)(=O)NC(C)(CN)C2CC2)c1.Cl. The first-order valence-corrected chi connectivity index (χ1v) is 8.08. The largest absolute Gasteiger partial charge is 0.329 e. The van der Waals surface area contributed by atoms with Gasteiger partial charge in [-0.1, -0.05) is 12.1 Å². The zero-order chi connectivity index (χ0) is 14.3. The molecule has 1 atom stereocenters. The summed E-state index contributed by atoms with van der Waals surface area (Å²) in [5.74, 6) is 0.359. The van der Waals surface area contributed by atoms with E-state index in [-0.39, 0.29) is 12.4 Å². The highest BCUT2D eigenvalue weighted by Gasteiger charge is 2.43. The number of hydrogen-bond donors (Lipinski definition) is 2. The molecular formula is C14H23ClN2O2S. The van der Waals surface area contributed by atoms with Gasteiger partial charge in [-0.05, 0) is 56.7 Å². The van der Waals surface area contributed by atoms with Crippen molar-refractivity contribution in [1.82, 2.24) is 4.72 Å². The van der Waals surface area contributed by atoms with Crippen molar-refractivity contribution in [3.05, 3.63) is 29.3 Å². The maximum absolute atomic E-state index is 12.5. The van der Waals surface area contributed by atoms with E-state index < -0.39 is 15.6 Å². The maximum Gasteiger partial charge on any atom is 0.241 e. The van der Waals surface area contributed by atoms with Crippen LogP contribution in [0.4, 0.5) is 0 Å². The Morgan fingerprint density at radius 3 is 2.45 bits per heavy atom. The van der Waals surface area contributed by atoms with Crippen LogP contribution in [0.3, 0.4) is 0 Å². The van der Waals surface area contributed by atoms with Crippen LogP contribution in [-0.2, 0) is 10.0 Å². The van der Waals surface area contributed by atoms with E-state index >= 15 is 0 Å². The minimum Gasteiger partial charge on any atom is -0.329 e. The van der Waals surface area contributed by atoms with Crippen LogP contribution in [0.15, 0.2) is 23.1 Å². The van der Waals surface area contributed by atoms with E-state index in [9.17, 15) is 8.42 Å². The average molecular weight is 319 g/mol. The molecular weight excluding hydrogens is 296 g/mol. The summed E-state index contributed by atoms with van der Waals surface area (Å²) in [5.41, 5.74) is 6.94. The van der Waals surface area contributed by atoms with Crippen LogP contribution in [0.5, 0.6) is 0 Å². The molecule has 1 aromatic rings. The minimum absolute atomic E-state index is 0. The van der Waals surface area contributed by atoms with Gasteiger partial charge in [0.2, 0.25) is 10.0 Å². The standard InChI is InChI=1S/C14H22N2O2S.ClH/c1-10-4-5-11(2)13(8-10)19(17,18)16-14(3,9-15)12-6-7-12;/h4-5,8,12,16H,6-7,9,15H2,1-3H3;1H. The van der Waals surface area contributed by atoms with Gasteiger partial charge in [-0.25, -0.2) is 13.1 Å². The van der Waals surface area contributed by atoms with Gasteiger partial charge >= 0.3 is 0 Å². The molecule has 1 saturated carbocycles. The second-order valence-electron chi connectivity index (χ2n) is 5.77. The van der Waals surface area contributed by atoms with Crippen LogP contribution >= 0.6 is 12.4 Å². The molecule has 2 rings (SSSR count). The highest BCUT2D eigenvalue weighted by atomic mass is 35.5. The Morgan fingerprint density at radius 1 is 1.35 bits per heavy atom. The molecule has 114 valence electrons. The molecule has 6 heteroatoms. The first kappa shape index (κ1) is 17.4. The lowest BCUT2D eigenvalue weighted by molar-refractivity contribution is 0.374. The Kier molecular flexibility index (Phi) is 5.24. The number of benzene rings is 1. The zero-order valence-electron chi connectivity index (χ0n) is 12.1. The van der Waals surface area contributed by atoms with E-state index in [4.69, 9.17) is 5.73 Å². The van der Waals surface area contributed by atoms with E-state index in [1.807, 2.05) is 32.9 Å². The Balaban J connectivity index is 0.00000200. The summed E-state index contributed by atoms with van der Waals surface area (Å²) in [6.45, 7) is 5.92. The van der Waals surface area contributed by atoms with Crippen molar-refractivity contribution in [3.8, 4) is 0 Å². The molecule has 4 nitrogen and oxygen atoms in total. The fraction of sp³-hybridized carbons (Fsp3) is 0.571. The first-order chi connectivity index (χ1) is 8.78. The monoisotopic (exact) mass is 318 g/mol. The van der Waals surface area contributed by atoms with Crippen molar-refractivity contribution < 1.29 is 8.42 Å².